The second-order valence-corrected chi connectivity index (χ2v) is 4.09. The van der Waals surface area contributed by atoms with E-state index in [1.807, 2.05) is 26.0 Å². The number of fused-ring (bicyclic) bond motifs is 1. The smallest absolute Gasteiger partial charge is 0.326 e. The lowest BCUT2D eigenvalue weighted by molar-refractivity contribution is -0.153. The van der Waals surface area contributed by atoms with Gasteiger partial charge in [0.05, 0.1) is 0 Å². The maximum Gasteiger partial charge on any atom is 0.326 e. The topological polar surface area (TPSA) is 63.6 Å². The molecule has 2 rings (SSSR count). The zero-order valence-electron chi connectivity index (χ0n) is 9.11. The number of hydrogen-bond donors (Lipinski definition) is 1. The monoisotopic (exact) mass is 220 g/mol. The summed E-state index contributed by atoms with van der Waals surface area (Å²) >= 11 is 0. The highest BCUT2D eigenvalue weighted by molar-refractivity contribution is 5.96. The highest BCUT2D eigenvalue weighted by Crippen LogP contribution is 2.32. The summed E-state index contributed by atoms with van der Waals surface area (Å²) in [5.74, 6) is -2.36. The Bertz CT molecular complexity index is 476. The van der Waals surface area contributed by atoms with Crippen LogP contribution >= 0.6 is 0 Å². The Labute approximate surface area is 92.8 Å². The molecule has 0 saturated heterocycles. The predicted molar refractivity (Wildman–Crippen MR) is 56.4 cm³/mol. The molecule has 16 heavy (non-hydrogen) atoms. The lowest BCUT2D eigenvalue weighted by atomic mass is 9.93. The molecule has 1 aromatic carbocycles. The van der Waals surface area contributed by atoms with Gasteiger partial charge in [-0.25, -0.2) is 0 Å². The van der Waals surface area contributed by atoms with Crippen LogP contribution < -0.4 is 4.74 Å². The number of carboxylic acids is 1. The molecule has 1 aliphatic heterocycles. The Balaban J connectivity index is 2.47. The van der Waals surface area contributed by atoms with Gasteiger partial charge in [-0.2, -0.15) is 0 Å². The lowest BCUT2D eigenvalue weighted by Gasteiger charge is -2.22. The molecular weight excluding hydrogens is 208 g/mol. The van der Waals surface area contributed by atoms with Gasteiger partial charge in [0.2, 0.25) is 0 Å². The van der Waals surface area contributed by atoms with Crippen LogP contribution in [0.25, 0.3) is 0 Å². The molecule has 1 heterocycles. The quantitative estimate of drug-likeness (QED) is 0.442. The van der Waals surface area contributed by atoms with Crippen molar-refractivity contribution in [1.29, 1.82) is 0 Å². The maximum absolute atomic E-state index is 11.4. The van der Waals surface area contributed by atoms with Crippen LogP contribution in [-0.2, 0) is 16.0 Å². The van der Waals surface area contributed by atoms with Crippen LogP contribution in [0.2, 0.25) is 0 Å². The van der Waals surface area contributed by atoms with Crippen LogP contribution in [0.4, 0.5) is 0 Å². The summed E-state index contributed by atoms with van der Waals surface area (Å²) in [7, 11) is 0. The molecule has 4 heteroatoms. The maximum atomic E-state index is 11.4. The first kappa shape index (κ1) is 10.7. The third-order valence-electron chi connectivity index (χ3n) is 2.71. The third kappa shape index (κ3) is 1.66. The highest BCUT2D eigenvalue weighted by Gasteiger charge is 2.34. The molecular formula is C12H12O4. The average Bonchev–Trinajstić information content (AvgIpc) is 2.18. The highest BCUT2D eigenvalue weighted by atomic mass is 16.5. The molecule has 1 unspecified atom stereocenters. The summed E-state index contributed by atoms with van der Waals surface area (Å²) in [6, 6.07) is 3.78. The lowest BCUT2D eigenvalue weighted by Crippen LogP contribution is -2.33. The van der Waals surface area contributed by atoms with Gasteiger partial charge in [-0.1, -0.05) is 17.7 Å². The molecule has 0 bridgehead atoms. The fourth-order valence-electron chi connectivity index (χ4n) is 2.00. The summed E-state index contributed by atoms with van der Waals surface area (Å²) in [4.78, 5) is 22.3. The van der Waals surface area contributed by atoms with Crippen LogP contribution in [0.5, 0.6) is 5.75 Å². The summed E-state index contributed by atoms with van der Waals surface area (Å²) in [6.07, 6.45) is 0.214. The zero-order chi connectivity index (χ0) is 11.9. The van der Waals surface area contributed by atoms with Gasteiger partial charge in [0, 0.05) is 6.42 Å². The molecule has 1 aromatic rings. The predicted octanol–water partition coefficient (Wildman–Crippen LogP) is 1.47. The van der Waals surface area contributed by atoms with Gasteiger partial charge < -0.3 is 9.84 Å². The van der Waals surface area contributed by atoms with Crippen molar-refractivity contribution in [3.8, 4) is 5.75 Å². The van der Waals surface area contributed by atoms with Crippen molar-refractivity contribution in [3.05, 3.63) is 28.8 Å². The normalized spacial score (nSPS) is 18.9. The number of aliphatic carboxylic acids is 1. The zero-order valence-corrected chi connectivity index (χ0v) is 9.11. The van der Waals surface area contributed by atoms with Crippen molar-refractivity contribution < 1.29 is 19.4 Å². The van der Waals surface area contributed by atoms with Gasteiger partial charge in [0.25, 0.3) is 0 Å². The summed E-state index contributed by atoms with van der Waals surface area (Å²) in [5.41, 5.74) is 2.70. The Morgan fingerprint density at radius 3 is 2.75 bits per heavy atom. The largest absolute Gasteiger partial charge is 0.481 e. The van der Waals surface area contributed by atoms with Gasteiger partial charge in [-0.15, -0.1) is 0 Å². The van der Waals surface area contributed by atoms with Crippen LogP contribution in [0.15, 0.2) is 12.1 Å². The first-order chi connectivity index (χ1) is 7.49. The molecule has 1 aliphatic rings. The number of ether oxygens (including phenoxy) is 1. The number of rotatable bonds is 1. The Morgan fingerprint density at radius 1 is 1.44 bits per heavy atom. The molecule has 1 N–H and O–H groups in total. The van der Waals surface area contributed by atoms with Crippen molar-refractivity contribution in [2.45, 2.75) is 20.3 Å². The SMILES string of the molecule is Cc1cc(C)c2c(c1)CC(C(=O)O)C(=O)O2. The summed E-state index contributed by atoms with van der Waals surface area (Å²) in [6.45, 7) is 3.78. The third-order valence-corrected chi connectivity index (χ3v) is 2.71. The van der Waals surface area contributed by atoms with E-state index in [2.05, 4.69) is 0 Å². The van der Waals surface area contributed by atoms with Crippen LogP contribution in [0.1, 0.15) is 16.7 Å². The van der Waals surface area contributed by atoms with Crippen LogP contribution in [-0.4, -0.2) is 17.0 Å². The number of aryl methyl sites for hydroxylation is 2. The average molecular weight is 220 g/mol. The summed E-state index contributed by atoms with van der Waals surface area (Å²) < 4.78 is 5.07. The van der Waals surface area contributed by atoms with E-state index in [4.69, 9.17) is 9.84 Å². The number of carbonyl (C=O) groups is 2. The molecule has 1 atom stereocenters. The molecule has 0 fully saturated rings. The van der Waals surface area contributed by atoms with E-state index in [0.717, 1.165) is 16.7 Å². The van der Waals surface area contributed by atoms with Gasteiger partial charge in [0.15, 0.2) is 5.92 Å². The molecule has 84 valence electrons. The van der Waals surface area contributed by atoms with Gasteiger partial charge in [0.1, 0.15) is 5.75 Å². The fraction of sp³-hybridized carbons (Fsp3) is 0.333. The number of benzene rings is 1. The van der Waals surface area contributed by atoms with E-state index < -0.39 is 17.9 Å². The van der Waals surface area contributed by atoms with Crippen molar-refractivity contribution in [2.75, 3.05) is 0 Å². The van der Waals surface area contributed by atoms with E-state index in [1.165, 1.54) is 0 Å². The molecule has 0 saturated carbocycles. The minimum absolute atomic E-state index is 0.214. The Hall–Kier alpha value is -1.84. The van der Waals surface area contributed by atoms with Gasteiger partial charge >= 0.3 is 11.9 Å². The van der Waals surface area contributed by atoms with Crippen molar-refractivity contribution in [1.82, 2.24) is 0 Å². The molecule has 0 aliphatic carbocycles. The second-order valence-electron chi connectivity index (χ2n) is 4.09. The van der Waals surface area contributed by atoms with Gasteiger partial charge in [-0.05, 0) is 25.0 Å². The van der Waals surface area contributed by atoms with Crippen LogP contribution in [0, 0.1) is 19.8 Å². The van der Waals surface area contributed by atoms with E-state index in [0.29, 0.717) is 5.75 Å². The van der Waals surface area contributed by atoms with E-state index in [-0.39, 0.29) is 6.42 Å². The number of hydrogen-bond acceptors (Lipinski definition) is 3. The number of carbonyl (C=O) groups excluding carboxylic acids is 1. The minimum Gasteiger partial charge on any atom is -0.481 e. The standard InChI is InChI=1S/C12H12O4/c1-6-3-7(2)10-8(4-6)5-9(11(13)14)12(15)16-10/h3-4,9H,5H2,1-2H3,(H,13,14). The van der Waals surface area contributed by atoms with Crippen LogP contribution in [0.3, 0.4) is 0 Å². The molecule has 0 aromatic heterocycles. The Kier molecular flexibility index (Phi) is 2.42. The Morgan fingerprint density at radius 2 is 2.12 bits per heavy atom. The van der Waals surface area contributed by atoms with Gasteiger partial charge in [-0.3, -0.25) is 9.59 Å². The van der Waals surface area contributed by atoms with E-state index in [9.17, 15) is 9.59 Å². The van der Waals surface area contributed by atoms with Crippen molar-refractivity contribution in [3.63, 3.8) is 0 Å². The van der Waals surface area contributed by atoms with E-state index >= 15 is 0 Å². The van der Waals surface area contributed by atoms with Crippen molar-refractivity contribution >= 4 is 11.9 Å². The first-order valence-electron chi connectivity index (χ1n) is 5.03. The molecule has 0 amide bonds. The number of esters is 1. The molecule has 0 spiro atoms. The van der Waals surface area contributed by atoms with E-state index in [1.54, 1.807) is 0 Å². The minimum atomic E-state index is -1.13. The second kappa shape index (κ2) is 3.63. The molecule has 0 radical (unpaired) electrons. The molecule has 4 nitrogen and oxygen atoms in total. The first-order valence-corrected chi connectivity index (χ1v) is 5.03. The number of carboxylic acid groups (broad SMARTS) is 1. The summed E-state index contributed by atoms with van der Waals surface area (Å²) in [5, 5.41) is 8.87. The fourth-order valence-corrected chi connectivity index (χ4v) is 2.00. The van der Waals surface area contributed by atoms with Crippen molar-refractivity contribution in [2.24, 2.45) is 5.92 Å².